The molecule has 1 fully saturated rings. The van der Waals surface area contributed by atoms with Crippen molar-refractivity contribution in [3.05, 3.63) is 5.82 Å². The maximum absolute atomic E-state index is 11.4. The average Bonchev–Trinajstić information content (AvgIpc) is 2.87. The Labute approximate surface area is 117 Å². The first-order valence-corrected chi connectivity index (χ1v) is 7.55. The minimum atomic E-state index is -0.0727. The minimum absolute atomic E-state index is 0.0727. The average molecular weight is 283 g/mol. The van der Waals surface area contributed by atoms with Crippen molar-refractivity contribution >= 4 is 22.6 Å². The van der Waals surface area contributed by atoms with E-state index in [1.807, 2.05) is 0 Å². The topological polar surface area (TPSA) is 64.1 Å². The lowest BCUT2D eigenvalue weighted by Gasteiger charge is -2.27. The molecule has 0 aromatic carbocycles. The summed E-state index contributed by atoms with van der Waals surface area (Å²) in [4.78, 5) is 15.9. The van der Waals surface area contributed by atoms with Gasteiger partial charge in [0.2, 0.25) is 5.13 Å². The molecule has 0 amide bonds. The first kappa shape index (κ1) is 14.2. The number of hydrogen-bond acceptors (Lipinski definition) is 6. The molecule has 19 heavy (non-hydrogen) atoms. The predicted molar refractivity (Wildman–Crippen MR) is 75.4 cm³/mol. The van der Waals surface area contributed by atoms with Crippen LogP contribution in [0.3, 0.4) is 0 Å². The zero-order valence-corrected chi connectivity index (χ0v) is 12.5. The van der Waals surface area contributed by atoms with Crippen molar-refractivity contribution in [2.75, 3.05) is 12.4 Å². The van der Waals surface area contributed by atoms with E-state index in [1.165, 1.54) is 18.6 Å². The van der Waals surface area contributed by atoms with Crippen LogP contribution in [-0.2, 0) is 9.53 Å². The fourth-order valence-electron chi connectivity index (χ4n) is 2.34. The van der Waals surface area contributed by atoms with Crippen LogP contribution in [-0.4, -0.2) is 28.5 Å². The van der Waals surface area contributed by atoms with Crippen molar-refractivity contribution in [2.24, 2.45) is 5.92 Å². The van der Waals surface area contributed by atoms with Crippen LogP contribution in [0.1, 0.15) is 51.3 Å². The molecule has 0 spiro atoms. The van der Waals surface area contributed by atoms with Crippen molar-refractivity contribution in [3.63, 3.8) is 0 Å². The molecule has 0 unspecified atom stereocenters. The van der Waals surface area contributed by atoms with Crippen LogP contribution in [0.2, 0.25) is 0 Å². The third-order valence-corrected chi connectivity index (χ3v) is 4.21. The van der Waals surface area contributed by atoms with E-state index in [2.05, 4.69) is 28.5 Å². The molecule has 1 N–H and O–H groups in total. The summed E-state index contributed by atoms with van der Waals surface area (Å²) < 4.78 is 9.12. The predicted octanol–water partition coefficient (Wildman–Crippen LogP) is 2.81. The zero-order valence-electron chi connectivity index (χ0n) is 11.7. The van der Waals surface area contributed by atoms with Crippen molar-refractivity contribution in [1.29, 1.82) is 0 Å². The van der Waals surface area contributed by atoms with Crippen LogP contribution in [0, 0.1) is 5.92 Å². The molecule has 0 atom stereocenters. The Bertz CT molecular complexity index is 425. The number of carbonyl (C=O) groups excluding carboxylic acids is 1. The number of aromatic nitrogens is 2. The highest BCUT2D eigenvalue weighted by Gasteiger charge is 2.27. The molecule has 1 aliphatic carbocycles. The number of methoxy groups -OCH3 is 1. The van der Waals surface area contributed by atoms with Crippen LogP contribution in [0.4, 0.5) is 5.13 Å². The van der Waals surface area contributed by atoms with Crippen molar-refractivity contribution in [2.45, 2.75) is 51.5 Å². The second-order valence-electron chi connectivity index (χ2n) is 5.33. The second kappa shape index (κ2) is 6.32. The number of rotatable bonds is 4. The molecule has 0 saturated heterocycles. The maximum atomic E-state index is 11.4. The molecule has 0 bridgehead atoms. The SMILES string of the molecule is COC(=O)C1CCC(Nc2nc(C(C)C)ns2)CC1. The normalized spacial score (nSPS) is 23.4. The fraction of sp³-hybridized carbons (Fsp3) is 0.769. The monoisotopic (exact) mass is 283 g/mol. The number of nitrogens with zero attached hydrogens (tertiary/aromatic N) is 2. The van der Waals surface area contributed by atoms with Gasteiger partial charge in [-0.3, -0.25) is 4.79 Å². The van der Waals surface area contributed by atoms with Gasteiger partial charge in [0, 0.05) is 23.5 Å². The molecule has 1 saturated carbocycles. The van der Waals surface area contributed by atoms with E-state index in [0.29, 0.717) is 12.0 Å². The van der Waals surface area contributed by atoms with Crippen molar-refractivity contribution in [3.8, 4) is 0 Å². The van der Waals surface area contributed by atoms with Gasteiger partial charge in [0.1, 0.15) is 5.82 Å². The van der Waals surface area contributed by atoms with Gasteiger partial charge in [-0.2, -0.15) is 4.37 Å². The second-order valence-corrected chi connectivity index (χ2v) is 6.08. The molecule has 1 aliphatic rings. The van der Waals surface area contributed by atoms with Crippen LogP contribution >= 0.6 is 11.5 Å². The highest BCUT2D eigenvalue weighted by atomic mass is 32.1. The largest absolute Gasteiger partial charge is 0.469 e. The third-order valence-electron chi connectivity index (χ3n) is 3.55. The van der Waals surface area contributed by atoms with E-state index in [1.54, 1.807) is 0 Å². The highest BCUT2D eigenvalue weighted by molar-refractivity contribution is 7.09. The third kappa shape index (κ3) is 3.65. The van der Waals surface area contributed by atoms with Gasteiger partial charge in [-0.15, -0.1) is 0 Å². The molecule has 1 heterocycles. The zero-order chi connectivity index (χ0) is 13.8. The minimum Gasteiger partial charge on any atom is -0.469 e. The lowest BCUT2D eigenvalue weighted by Crippen LogP contribution is -2.29. The van der Waals surface area contributed by atoms with E-state index >= 15 is 0 Å². The summed E-state index contributed by atoms with van der Waals surface area (Å²) in [7, 11) is 1.46. The number of hydrogen-bond donors (Lipinski definition) is 1. The van der Waals surface area contributed by atoms with Crippen LogP contribution in [0.15, 0.2) is 0 Å². The molecule has 1 aromatic heterocycles. The number of nitrogens with one attached hydrogen (secondary N) is 1. The Balaban J connectivity index is 1.83. The molecule has 2 rings (SSSR count). The van der Waals surface area contributed by atoms with Gasteiger partial charge in [-0.05, 0) is 25.7 Å². The number of carbonyl (C=O) groups is 1. The molecule has 5 nitrogen and oxygen atoms in total. The molecule has 0 aliphatic heterocycles. The Morgan fingerprint density at radius 1 is 1.37 bits per heavy atom. The number of ether oxygens (including phenoxy) is 1. The summed E-state index contributed by atoms with van der Waals surface area (Å²) in [5.41, 5.74) is 0. The lowest BCUT2D eigenvalue weighted by atomic mass is 9.86. The quantitative estimate of drug-likeness (QED) is 0.861. The smallest absolute Gasteiger partial charge is 0.308 e. The van der Waals surface area contributed by atoms with E-state index in [-0.39, 0.29) is 11.9 Å². The van der Waals surface area contributed by atoms with Gasteiger partial charge in [0.15, 0.2) is 0 Å². The van der Waals surface area contributed by atoms with E-state index in [0.717, 1.165) is 36.6 Å². The molecule has 1 aromatic rings. The molecule has 106 valence electrons. The molecular formula is C13H21N3O2S. The summed E-state index contributed by atoms with van der Waals surface area (Å²) in [5, 5.41) is 4.32. The van der Waals surface area contributed by atoms with Crippen LogP contribution in [0.25, 0.3) is 0 Å². The van der Waals surface area contributed by atoms with E-state index in [9.17, 15) is 4.79 Å². The maximum Gasteiger partial charge on any atom is 0.308 e. The fourth-order valence-corrected chi connectivity index (χ4v) is 3.13. The Morgan fingerprint density at radius 3 is 2.58 bits per heavy atom. The number of esters is 1. The Morgan fingerprint density at radius 2 is 2.05 bits per heavy atom. The van der Waals surface area contributed by atoms with Gasteiger partial charge in [-0.25, -0.2) is 4.98 Å². The lowest BCUT2D eigenvalue weighted by molar-refractivity contribution is -0.146. The summed E-state index contributed by atoms with van der Waals surface area (Å²) in [6.45, 7) is 4.18. The van der Waals surface area contributed by atoms with Crippen LogP contribution in [0.5, 0.6) is 0 Å². The van der Waals surface area contributed by atoms with Crippen molar-refractivity contribution in [1.82, 2.24) is 9.36 Å². The summed E-state index contributed by atoms with van der Waals surface area (Å²) in [5.74, 6) is 1.26. The van der Waals surface area contributed by atoms with E-state index < -0.39 is 0 Å². The first-order chi connectivity index (χ1) is 9.10. The van der Waals surface area contributed by atoms with Gasteiger partial charge in [-0.1, -0.05) is 13.8 Å². The molecule has 6 heteroatoms. The highest BCUT2D eigenvalue weighted by Crippen LogP contribution is 2.28. The summed E-state index contributed by atoms with van der Waals surface area (Å²) in [6.07, 6.45) is 3.74. The van der Waals surface area contributed by atoms with Gasteiger partial charge in [0.05, 0.1) is 13.0 Å². The van der Waals surface area contributed by atoms with Crippen LogP contribution < -0.4 is 5.32 Å². The standard InChI is InChI=1S/C13H21N3O2S/c1-8(2)11-15-13(19-16-11)14-10-6-4-9(5-7-10)12(17)18-3/h8-10H,4-7H2,1-3H3,(H,14,15,16). The van der Waals surface area contributed by atoms with Gasteiger partial charge in [0.25, 0.3) is 0 Å². The summed E-state index contributed by atoms with van der Waals surface area (Å²) in [6, 6.07) is 0.397. The number of anilines is 1. The first-order valence-electron chi connectivity index (χ1n) is 6.78. The van der Waals surface area contributed by atoms with Gasteiger partial charge >= 0.3 is 5.97 Å². The molecule has 0 radical (unpaired) electrons. The van der Waals surface area contributed by atoms with E-state index in [4.69, 9.17) is 4.74 Å². The van der Waals surface area contributed by atoms with Gasteiger partial charge < -0.3 is 10.1 Å². The molecular weight excluding hydrogens is 262 g/mol. The van der Waals surface area contributed by atoms with Crippen molar-refractivity contribution < 1.29 is 9.53 Å². The Kier molecular flexibility index (Phi) is 4.74. The summed E-state index contributed by atoms with van der Waals surface area (Å²) >= 11 is 1.42. The Hall–Kier alpha value is -1.17.